The highest BCUT2D eigenvalue weighted by molar-refractivity contribution is 7.09. The summed E-state index contributed by atoms with van der Waals surface area (Å²) in [6.07, 6.45) is 1.02. The van der Waals surface area contributed by atoms with Crippen LogP contribution >= 0.6 is 11.3 Å². The van der Waals surface area contributed by atoms with E-state index in [0.717, 1.165) is 18.7 Å². The standard InChI is InChI=1S/C13H17N3O2S/c1-16(7-6-11-3-2-8-19-11)9-10-4-5-12(18-10)13(17)15-14/h2-5,8H,6-7,9,14H2,1H3,(H,15,17). The zero-order valence-electron chi connectivity index (χ0n) is 10.8. The first kappa shape index (κ1) is 13.8. The minimum Gasteiger partial charge on any atom is -0.455 e. The molecule has 6 heteroatoms. The molecule has 0 saturated heterocycles. The van der Waals surface area contributed by atoms with Gasteiger partial charge in [0.1, 0.15) is 5.76 Å². The number of hydrogen-bond donors (Lipinski definition) is 2. The number of likely N-dealkylation sites (N-methyl/N-ethyl adjacent to an activating group) is 1. The number of amides is 1. The molecular weight excluding hydrogens is 262 g/mol. The van der Waals surface area contributed by atoms with Gasteiger partial charge in [0.2, 0.25) is 0 Å². The van der Waals surface area contributed by atoms with Crippen molar-refractivity contribution in [3.8, 4) is 0 Å². The summed E-state index contributed by atoms with van der Waals surface area (Å²) in [4.78, 5) is 14.8. The summed E-state index contributed by atoms with van der Waals surface area (Å²) in [5.74, 6) is 5.63. The maximum absolute atomic E-state index is 11.3. The Morgan fingerprint density at radius 1 is 1.47 bits per heavy atom. The number of furan rings is 1. The van der Waals surface area contributed by atoms with Crippen LogP contribution in [0.15, 0.2) is 34.1 Å². The Labute approximate surface area is 116 Å². The second-order valence-corrected chi connectivity index (χ2v) is 5.34. The Kier molecular flexibility index (Phi) is 4.73. The molecule has 0 fully saturated rings. The van der Waals surface area contributed by atoms with Gasteiger partial charge in [0.15, 0.2) is 5.76 Å². The Morgan fingerprint density at radius 3 is 3.00 bits per heavy atom. The van der Waals surface area contributed by atoms with E-state index >= 15 is 0 Å². The Hall–Kier alpha value is -1.63. The number of nitrogens with two attached hydrogens (primary N) is 1. The van der Waals surface area contributed by atoms with E-state index < -0.39 is 5.91 Å². The molecule has 2 rings (SSSR count). The van der Waals surface area contributed by atoms with Crippen LogP contribution in [-0.4, -0.2) is 24.4 Å². The summed E-state index contributed by atoms with van der Waals surface area (Å²) in [6, 6.07) is 7.62. The lowest BCUT2D eigenvalue weighted by molar-refractivity contribution is 0.0922. The van der Waals surface area contributed by atoms with Gasteiger partial charge in [-0.15, -0.1) is 11.3 Å². The fourth-order valence-corrected chi connectivity index (χ4v) is 2.46. The highest BCUT2D eigenvalue weighted by Gasteiger charge is 2.10. The number of nitrogen functional groups attached to an aromatic ring is 1. The van der Waals surface area contributed by atoms with Gasteiger partial charge in [0.05, 0.1) is 6.54 Å². The summed E-state index contributed by atoms with van der Waals surface area (Å²) in [5, 5.41) is 2.08. The van der Waals surface area contributed by atoms with E-state index in [1.165, 1.54) is 4.88 Å². The molecule has 2 aromatic rings. The number of hydrogen-bond acceptors (Lipinski definition) is 5. The zero-order chi connectivity index (χ0) is 13.7. The fraction of sp³-hybridized carbons (Fsp3) is 0.308. The van der Waals surface area contributed by atoms with Crippen LogP contribution in [0.25, 0.3) is 0 Å². The first-order chi connectivity index (χ1) is 9.19. The lowest BCUT2D eigenvalue weighted by Crippen LogP contribution is -2.29. The summed E-state index contributed by atoms with van der Waals surface area (Å²) < 4.78 is 5.41. The number of thiophene rings is 1. The molecule has 19 heavy (non-hydrogen) atoms. The van der Waals surface area contributed by atoms with Crippen LogP contribution in [0.3, 0.4) is 0 Å². The van der Waals surface area contributed by atoms with Crippen LogP contribution in [0.5, 0.6) is 0 Å². The van der Waals surface area contributed by atoms with Gasteiger partial charge < -0.3 is 4.42 Å². The van der Waals surface area contributed by atoms with E-state index in [0.29, 0.717) is 6.54 Å². The van der Waals surface area contributed by atoms with E-state index in [1.54, 1.807) is 23.5 Å². The average Bonchev–Trinajstić information content (AvgIpc) is 3.06. The molecule has 0 spiro atoms. The van der Waals surface area contributed by atoms with E-state index in [1.807, 2.05) is 12.5 Å². The fourth-order valence-electron chi connectivity index (χ4n) is 1.76. The molecule has 0 aliphatic heterocycles. The van der Waals surface area contributed by atoms with Gasteiger partial charge in [-0.05, 0) is 37.0 Å². The van der Waals surface area contributed by atoms with Crippen molar-refractivity contribution < 1.29 is 9.21 Å². The van der Waals surface area contributed by atoms with Gasteiger partial charge in [-0.25, -0.2) is 5.84 Å². The molecule has 2 aromatic heterocycles. The van der Waals surface area contributed by atoms with Gasteiger partial charge in [-0.2, -0.15) is 0 Å². The number of rotatable bonds is 6. The number of nitrogens with one attached hydrogen (secondary N) is 1. The Morgan fingerprint density at radius 2 is 2.32 bits per heavy atom. The maximum atomic E-state index is 11.3. The van der Waals surface area contributed by atoms with E-state index in [-0.39, 0.29) is 5.76 Å². The van der Waals surface area contributed by atoms with Crippen molar-refractivity contribution in [2.75, 3.05) is 13.6 Å². The average molecular weight is 279 g/mol. The van der Waals surface area contributed by atoms with Gasteiger partial charge >= 0.3 is 5.91 Å². The lowest BCUT2D eigenvalue weighted by atomic mass is 10.3. The molecule has 0 radical (unpaired) electrons. The van der Waals surface area contributed by atoms with Crippen molar-refractivity contribution in [3.05, 3.63) is 46.0 Å². The first-order valence-electron chi connectivity index (χ1n) is 5.99. The minimum absolute atomic E-state index is 0.240. The summed E-state index contributed by atoms with van der Waals surface area (Å²) >= 11 is 1.77. The van der Waals surface area contributed by atoms with Crippen LogP contribution in [0.1, 0.15) is 21.2 Å². The number of carbonyl (C=O) groups is 1. The lowest BCUT2D eigenvalue weighted by Gasteiger charge is -2.14. The van der Waals surface area contributed by atoms with Crippen molar-refractivity contribution in [1.29, 1.82) is 0 Å². The molecule has 5 nitrogen and oxygen atoms in total. The molecule has 2 heterocycles. The third-order valence-electron chi connectivity index (χ3n) is 2.76. The molecule has 1 amide bonds. The highest BCUT2D eigenvalue weighted by Crippen LogP contribution is 2.12. The molecule has 0 atom stereocenters. The predicted molar refractivity (Wildman–Crippen MR) is 74.7 cm³/mol. The zero-order valence-corrected chi connectivity index (χ0v) is 11.6. The summed E-state index contributed by atoms with van der Waals surface area (Å²) in [7, 11) is 2.03. The Bertz CT molecular complexity index is 522. The third kappa shape index (κ3) is 3.92. The Balaban J connectivity index is 1.83. The highest BCUT2D eigenvalue weighted by atomic mass is 32.1. The molecule has 3 N–H and O–H groups in total. The first-order valence-corrected chi connectivity index (χ1v) is 6.87. The van der Waals surface area contributed by atoms with Gasteiger partial charge in [0.25, 0.3) is 0 Å². The van der Waals surface area contributed by atoms with Crippen molar-refractivity contribution in [1.82, 2.24) is 10.3 Å². The van der Waals surface area contributed by atoms with Crippen LogP contribution in [0.2, 0.25) is 0 Å². The van der Waals surface area contributed by atoms with Crippen LogP contribution in [-0.2, 0) is 13.0 Å². The summed E-state index contributed by atoms with van der Waals surface area (Å²) in [5.41, 5.74) is 2.05. The molecule has 0 aliphatic rings. The normalized spacial score (nSPS) is 10.9. The van der Waals surface area contributed by atoms with Gasteiger partial charge in [-0.1, -0.05) is 6.07 Å². The third-order valence-corrected chi connectivity index (χ3v) is 3.70. The number of hydrazine groups is 1. The van der Waals surface area contributed by atoms with Crippen LogP contribution < -0.4 is 11.3 Å². The van der Waals surface area contributed by atoms with Gasteiger partial charge in [-0.3, -0.25) is 15.1 Å². The van der Waals surface area contributed by atoms with Crippen LogP contribution in [0.4, 0.5) is 0 Å². The van der Waals surface area contributed by atoms with E-state index in [2.05, 4.69) is 22.4 Å². The van der Waals surface area contributed by atoms with Gasteiger partial charge in [0, 0.05) is 11.4 Å². The summed E-state index contributed by atoms with van der Waals surface area (Å²) in [6.45, 7) is 1.61. The van der Waals surface area contributed by atoms with Crippen molar-refractivity contribution >= 4 is 17.2 Å². The molecule has 0 unspecified atom stereocenters. The second kappa shape index (κ2) is 6.51. The quantitative estimate of drug-likeness (QED) is 0.479. The topological polar surface area (TPSA) is 71.5 Å². The van der Waals surface area contributed by atoms with Crippen LogP contribution in [0, 0.1) is 0 Å². The molecule has 0 aliphatic carbocycles. The second-order valence-electron chi connectivity index (χ2n) is 4.31. The van der Waals surface area contributed by atoms with Crippen molar-refractivity contribution in [2.24, 2.45) is 5.84 Å². The molecule has 0 saturated carbocycles. The molecule has 102 valence electrons. The number of nitrogens with zero attached hydrogens (tertiary/aromatic N) is 1. The predicted octanol–water partition coefficient (Wildman–Crippen LogP) is 1.62. The van der Waals surface area contributed by atoms with E-state index in [9.17, 15) is 4.79 Å². The van der Waals surface area contributed by atoms with Crippen molar-refractivity contribution in [3.63, 3.8) is 0 Å². The minimum atomic E-state index is -0.410. The van der Waals surface area contributed by atoms with Crippen molar-refractivity contribution in [2.45, 2.75) is 13.0 Å². The molecular formula is C13H17N3O2S. The SMILES string of the molecule is CN(CCc1cccs1)Cc1ccc(C(=O)NN)o1. The smallest absolute Gasteiger partial charge is 0.300 e. The largest absolute Gasteiger partial charge is 0.455 e. The maximum Gasteiger partial charge on any atom is 0.300 e. The molecule has 0 bridgehead atoms. The van der Waals surface area contributed by atoms with E-state index in [4.69, 9.17) is 10.3 Å². The molecule has 0 aromatic carbocycles. The monoisotopic (exact) mass is 279 g/mol. The number of carbonyl (C=O) groups excluding carboxylic acids is 1.